The summed E-state index contributed by atoms with van der Waals surface area (Å²) in [4.78, 5) is 13.9. The first-order valence-corrected chi connectivity index (χ1v) is 9.73. The van der Waals surface area contributed by atoms with E-state index >= 15 is 0 Å². The molecule has 2 aromatic carbocycles. The number of carbonyl (C=O) groups is 1. The van der Waals surface area contributed by atoms with Crippen LogP contribution in [-0.2, 0) is 0 Å². The van der Waals surface area contributed by atoms with Gasteiger partial charge in [-0.05, 0) is 47.8 Å². The Kier molecular flexibility index (Phi) is 5.36. The summed E-state index contributed by atoms with van der Waals surface area (Å²) in [5, 5.41) is 18.1. The van der Waals surface area contributed by atoms with E-state index in [1.54, 1.807) is 35.1 Å². The Balaban J connectivity index is 1.62. The molecule has 29 heavy (non-hydrogen) atoms. The van der Waals surface area contributed by atoms with Crippen molar-refractivity contribution in [2.45, 2.75) is 0 Å². The van der Waals surface area contributed by atoms with Crippen LogP contribution in [0.2, 0.25) is 0 Å². The molecule has 0 saturated heterocycles. The monoisotopic (exact) mass is 400 g/mol. The van der Waals surface area contributed by atoms with Gasteiger partial charge in [-0.2, -0.15) is 10.4 Å². The molecule has 4 aromatic rings. The first-order valence-electron chi connectivity index (χ1n) is 8.85. The van der Waals surface area contributed by atoms with E-state index in [1.807, 2.05) is 53.9 Å². The van der Waals surface area contributed by atoms with Crippen molar-refractivity contribution < 1.29 is 9.53 Å². The second-order valence-corrected chi connectivity index (χ2v) is 7.02. The molecule has 0 aliphatic heterocycles. The van der Waals surface area contributed by atoms with Crippen molar-refractivity contribution in [2.75, 3.05) is 11.9 Å². The van der Waals surface area contributed by atoms with E-state index in [2.05, 4.69) is 10.4 Å². The molecule has 6 nitrogen and oxygen atoms in total. The maximum absolute atomic E-state index is 13.0. The largest absolute Gasteiger partial charge is 0.479 e. The van der Waals surface area contributed by atoms with Gasteiger partial charge >= 0.3 is 0 Å². The van der Waals surface area contributed by atoms with Gasteiger partial charge in [0, 0.05) is 11.9 Å². The number of ether oxygens (including phenoxy) is 1. The van der Waals surface area contributed by atoms with Gasteiger partial charge in [-0.25, -0.2) is 4.68 Å². The zero-order valence-electron chi connectivity index (χ0n) is 15.3. The number of aromatic nitrogens is 2. The Morgan fingerprint density at radius 3 is 2.59 bits per heavy atom. The Hall–Kier alpha value is -3.89. The van der Waals surface area contributed by atoms with E-state index < -0.39 is 0 Å². The van der Waals surface area contributed by atoms with E-state index in [0.29, 0.717) is 22.7 Å². The molecule has 7 heteroatoms. The quantitative estimate of drug-likeness (QED) is 0.506. The van der Waals surface area contributed by atoms with Crippen molar-refractivity contribution in [3.05, 3.63) is 83.9 Å². The van der Waals surface area contributed by atoms with Crippen molar-refractivity contribution in [3.8, 4) is 28.1 Å². The van der Waals surface area contributed by atoms with Crippen LogP contribution < -0.4 is 10.1 Å². The Morgan fingerprint density at radius 2 is 1.90 bits per heavy atom. The third-order valence-corrected chi connectivity index (χ3v) is 5.03. The SMILES string of the molecule is N#CCOc1ccc(NC(=O)c2cn(-c3ccccc3)nc2-c2cccs2)cc1. The maximum atomic E-state index is 13.0. The number of amides is 1. The predicted molar refractivity (Wildman–Crippen MR) is 112 cm³/mol. The summed E-state index contributed by atoms with van der Waals surface area (Å²) in [6.45, 7) is -0.0193. The molecule has 0 radical (unpaired) electrons. The minimum absolute atomic E-state index is 0.0193. The molecule has 0 unspecified atom stereocenters. The lowest BCUT2D eigenvalue weighted by molar-refractivity contribution is 0.102. The van der Waals surface area contributed by atoms with Gasteiger partial charge in [0.2, 0.25) is 0 Å². The molecule has 0 fully saturated rings. The number of benzene rings is 2. The van der Waals surface area contributed by atoms with Gasteiger partial charge in [-0.1, -0.05) is 24.3 Å². The van der Waals surface area contributed by atoms with Crippen LogP contribution in [0.1, 0.15) is 10.4 Å². The smallest absolute Gasteiger partial charge is 0.259 e. The standard InChI is InChI=1S/C22H16N4O2S/c23-12-13-28-18-10-8-16(9-11-18)24-22(27)19-15-26(17-5-2-1-3-6-17)25-21(19)20-7-4-14-29-20/h1-11,14-15H,13H2,(H,24,27). The second-order valence-electron chi connectivity index (χ2n) is 6.07. The fraction of sp³-hybridized carbons (Fsp3) is 0.0455. The van der Waals surface area contributed by atoms with Gasteiger partial charge in [-0.15, -0.1) is 11.3 Å². The van der Waals surface area contributed by atoms with Crippen molar-refractivity contribution >= 4 is 22.9 Å². The Morgan fingerprint density at radius 1 is 1.10 bits per heavy atom. The number of thiophene rings is 1. The first kappa shape index (κ1) is 18.5. The summed E-state index contributed by atoms with van der Waals surface area (Å²) in [6.07, 6.45) is 1.74. The van der Waals surface area contributed by atoms with Crippen LogP contribution in [0.15, 0.2) is 78.3 Å². The van der Waals surface area contributed by atoms with Crippen LogP contribution in [0.25, 0.3) is 16.3 Å². The summed E-state index contributed by atoms with van der Waals surface area (Å²) in [5.41, 5.74) is 2.63. The number of para-hydroxylation sites is 1. The molecule has 0 saturated carbocycles. The van der Waals surface area contributed by atoms with Gasteiger partial charge in [0.1, 0.15) is 17.5 Å². The molecular weight excluding hydrogens is 384 g/mol. The van der Waals surface area contributed by atoms with E-state index in [-0.39, 0.29) is 12.5 Å². The number of nitriles is 1. The second kappa shape index (κ2) is 8.42. The third kappa shape index (κ3) is 4.18. The molecule has 0 aliphatic rings. The number of hydrogen-bond acceptors (Lipinski definition) is 5. The molecule has 0 atom stereocenters. The maximum Gasteiger partial charge on any atom is 0.259 e. The fourth-order valence-corrected chi connectivity index (χ4v) is 3.52. The number of nitrogens with one attached hydrogen (secondary N) is 1. The number of nitrogens with zero attached hydrogens (tertiary/aromatic N) is 3. The summed E-state index contributed by atoms with van der Waals surface area (Å²) in [5.74, 6) is 0.321. The highest BCUT2D eigenvalue weighted by molar-refractivity contribution is 7.13. The van der Waals surface area contributed by atoms with Crippen LogP contribution in [0.5, 0.6) is 5.75 Å². The molecule has 1 N–H and O–H groups in total. The lowest BCUT2D eigenvalue weighted by atomic mass is 10.2. The minimum atomic E-state index is -0.249. The number of anilines is 1. The first-order chi connectivity index (χ1) is 14.2. The Bertz CT molecular complexity index is 1140. The van der Waals surface area contributed by atoms with Crippen LogP contribution in [0.4, 0.5) is 5.69 Å². The fourth-order valence-electron chi connectivity index (χ4n) is 2.80. The third-order valence-electron chi connectivity index (χ3n) is 4.15. The lowest BCUT2D eigenvalue weighted by Gasteiger charge is -2.06. The molecule has 142 valence electrons. The van der Waals surface area contributed by atoms with Gasteiger partial charge in [0.25, 0.3) is 5.91 Å². The van der Waals surface area contributed by atoms with Crippen LogP contribution in [0.3, 0.4) is 0 Å². The van der Waals surface area contributed by atoms with E-state index in [1.165, 1.54) is 11.3 Å². The highest BCUT2D eigenvalue weighted by Gasteiger charge is 2.19. The van der Waals surface area contributed by atoms with Crippen molar-refractivity contribution in [1.29, 1.82) is 5.26 Å². The molecule has 0 aliphatic carbocycles. The molecule has 1 amide bonds. The molecule has 0 spiro atoms. The van der Waals surface area contributed by atoms with Crippen molar-refractivity contribution in [2.24, 2.45) is 0 Å². The number of carbonyl (C=O) groups excluding carboxylic acids is 1. The van der Waals surface area contributed by atoms with Crippen LogP contribution in [0, 0.1) is 11.3 Å². The molecule has 0 bridgehead atoms. The molecule has 2 aromatic heterocycles. The molecule has 4 rings (SSSR count). The highest BCUT2D eigenvalue weighted by atomic mass is 32.1. The minimum Gasteiger partial charge on any atom is -0.479 e. The predicted octanol–water partition coefficient (Wildman–Crippen LogP) is 4.76. The number of hydrogen-bond donors (Lipinski definition) is 1. The summed E-state index contributed by atoms with van der Waals surface area (Å²) in [6, 6.07) is 22.3. The van der Waals surface area contributed by atoms with E-state index in [9.17, 15) is 4.79 Å². The lowest BCUT2D eigenvalue weighted by Crippen LogP contribution is -2.12. The summed E-state index contributed by atoms with van der Waals surface area (Å²) < 4.78 is 6.95. The highest BCUT2D eigenvalue weighted by Crippen LogP contribution is 2.28. The van der Waals surface area contributed by atoms with Gasteiger partial charge < -0.3 is 10.1 Å². The van der Waals surface area contributed by atoms with Gasteiger partial charge in [-0.3, -0.25) is 4.79 Å². The molecular formula is C22H16N4O2S. The van der Waals surface area contributed by atoms with E-state index in [4.69, 9.17) is 10.00 Å². The van der Waals surface area contributed by atoms with E-state index in [0.717, 1.165) is 10.6 Å². The van der Waals surface area contributed by atoms with Gasteiger partial charge in [0.15, 0.2) is 6.61 Å². The summed E-state index contributed by atoms with van der Waals surface area (Å²) >= 11 is 1.53. The normalized spacial score (nSPS) is 10.3. The van der Waals surface area contributed by atoms with Crippen molar-refractivity contribution in [3.63, 3.8) is 0 Å². The average Bonchev–Trinajstić information content (AvgIpc) is 3.44. The molecule has 2 heterocycles. The zero-order valence-corrected chi connectivity index (χ0v) is 16.1. The summed E-state index contributed by atoms with van der Waals surface area (Å²) in [7, 11) is 0. The van der Waals surface area contributed by atoms with Crippen LogP contribution in [-0.4, -0.2) is 22.3 Å². The van der Waals surface area contributed by atoms with Crippen molar-refractivity contribution in [1.82, 2.24) is 9.78 Å². The van der Waals surface area contributed by atoms with Crippen LogP contribution >= 0.6 is 11.3 Å². The van der Waals surface area contributed by atoms with Gasteiger partial charge in [0.05, 0.1) is 16.1 Å². The Labute approximate surface area is 171 Å². The average molecular weight is 400 g/mol. The number of rotatable bonds is 6. The zero-order chi connectivity index (χ0) is 20.1. The topological polar surface area (TPSA) is 79.9 Å².